The van der Waals surface area contributed by atoms with Gasteiger partial charge in [0.1, 0.15) is 0 Å². The third kappa shape index (κ3) is 2.41. The first-order valence-electron chi connectivity index (χ1n) is 5.49. The standard InChI is InChI=1S/C11H16N2O2S/c12-6-10-4-5-11(7-13-10)16(14,15)8-9-2-1-3-9/h4-5,7,9H,1-3,6,8,12H2. The van der Waals surface area contributed by atoms with E-state index in [2.05, 4.69) is 4.98 Å². The van der Waals surface area contributed by atoms with Crippen LogP contribution in [0.4, 0.5) is 0 Å². The van der Waals surface area contributed by atoms with Gasteiger partial charge in [-0.3, -0.25) is 4.98 Å². The van der Waals surface area contributed by atoms with Crippen molar-refractivity contribution in [1.82, 2.24) is 4.98 Å². The molecule has 0 atom stereocenters. The van der Waals surface area contributed by atoms with Crippen LogP contribution in [0.25, 0.3) is 0 Å². The van der Waals surface area contributed by atoms with E-state index in [4.69, 9.17) is 5.73 Å². The van der Waals surface area contributed by atoms with Crippen molar-refractivity contribution in [2.75, 3.05) is 5.75 Å². The summed E-state index contributed by atoms with van der Waals surface area (Å²) in [6.45, 7) is 0.336. The van der Waals surface area contributed by atoms with E-state index >= 15 is 0 Å². The molecule has 1 aromatic heterocycles. The van der Waals surface area contributed by atoms with Gasteiger partial charge in [-0.1, -0.05) is 6.42 Å². The van der Waals surface area contributed by atoms with E-state index in [1.807, 2.05) is 0 Å². The number of nitrogens with zero attached hydrogens (tertiary/aromatic N) is 1. The van der Waals surface area contributed by atoms with Crippen LogP contribution in [0, 0.1) is 5.92 Å². The minimum absolute atomic E-state index is 0.261. The van der Waals surface area contributed by atoms with Crippen LogP contribution in [-0.4, -0.2) is 19.2 Å². The summed E-state index contributed by atoms with van der Waals surface area (Å²) in [6, 6.07) is 3.27. The molecule has 1 heterocycles. The summed E-state index contributed by atoms with van der Waals surface area (Å²) in [5.41, 5.74) is 6.12. The molecule has 1 aliphatic rings. The Hall–Kier alpha value is -0.940. The van der Waals surface area contributed by atoms with Crippen LogP contribution in [0.5, 0.6) is 0 Å². The Morgan fingerprint density at radius 1 is 1.38 bits per heavy atom. The van der Waals surface area contributed by atoms with Crippen molar-refractivity contribution < 1.29 is 8.42 Å². The highest BCUT2D eigenvalue weighted by atomic mass is 32.2. The molecule has 4 nitrogen and oxygen atoms in total. The van der Waals surface area contributed by atoms with Gasteiger partial charge in [-0.15, -0.1) is 0 Å². The molecule has 0 saturated heterocycles. The summed E-state index contributed by atoms with van der Waals surface area (Å²) >= 11 is 0. The van der Waals surface area contributed by atoms with E-state index in [0.29, 0.717) is 23.1 Å². The highest BCUT2D eigenvalue weighted by molar-refractivity contribution is 7.91. The molecule has 1 saturated carbocycles. The third-order valence-corrected chi connectivity index (χ3v) is 4.92. The molecule has 0 radical (unpaired) electrons. The van der Waals surface area contributed by atoms with Crippen LogP contribution < -0.4 is 5.73 Å². The van der Waals surface area contributed by atoms with Crippen LogP contribution >= 0.6 is 0 Å². The first-order valence-corrected chi connectivity index (χ1v) is 7.15. The van der Waals surface area contributed by atoms with E-state index in [9.17, 15) is 8.42 Å². The van der Waals surface area contributed by atoms with Crippen molar-refractivity contribution in [2.24, 2.45) is 11.7 Å². The Bertz CT molecular complexity index is 449. The van der Waals surface area contributed by atoms with Crippen LogP contribution in [0.2, 0.25) is 0 Å². The normalized spacial score (nSPS) is 17.1. The van der Waals surface area contributed by atoms with E-state index in [1.165, 1.54) is 6.20 Å². The smallest absolute Gasteiger partial charge is 0.180 e. The van der Waals surface area contributed by atoms with Gasteiger partial charge in [0.05, 0.1) is 16.3 Å². The Balaban J connectivity index is 2.14. The molecule has 1 aromatic rings. The number of rotatable bonds is 4. The molecule has 16 heavy (non-hydrogen) atoms. The molecule has 0 aliphatic heterocycles. The first-order chi connectivity index (χ1) is 7.62. The summed E-state index contributed by atoms with van der Waals surface area (Å²) < 4.78 is 23.9. The first kappa shape index (κ1) is 11.5. The summed E-state index contributed by atoms with van der Waals surface area (Å²) in [6.07, 6.45) is 4.64. The average molecular weight is 240 g/mol. The van der Waals surface area contributed by atoms with Crippen LogP contribution in [-0.2, 0) is 16.4 Å². The molecule has 0 amide bonds. The molecule has 1 aliphatic carbocycles. The highest BCUT2D eigenvalue weighted by Gasteiger charge is 2.25. The maximum absolute atomic E-state index is 12.0. The Morgan fingerprint density at radius 2 is 2.12 bits per heavy atom. The number of hydrogen-bond donors (Lipinski definition) is 1. The lowest BCUT2D eigenvalue weighted by atomic mass is 9.87. The molecular weight excluding hydrogens is 224 g/mol. The Labute approximate surface area is 95.8 Å². The summed E-state index contributed by atoms with van der Waals surface area (Å²) in [5.74, 6) is 0.607. The lowest BCUT2D eigenvalue weighted by Crippen LogP contribution is -2.22. The zero-order valence-corrected chi connectivity index (χ0v) is 9.91. The number of nitrogens with two attached hydrogens (primary N) is 1. The zero-order chi connectivity index (χ0) is 11.6. The van der Waals surface area contributed by atoms with Crippen molar-refractivity contribution >= 4 is 9.84 Å². The van der Waals surface area contributed by atoms with Gasteiger partial charge in [0.15, 0.2) is 9.84 Å². The number of hydrogen-bond acceptors (Lipinski definition) is 4. The maximum Gasteiger partial charge on any atom is 0.180 e. The second kappa shape index (κ2) is 4.51. The molecular formula is C11H16N2O2S. The van der Waals surface area contributed by atoms with Crippen LogP contribution in [0.1, 0.15) is 25.0 Å². The molecule has 0 spiro atoms. The summed E-state index contributed by atoms with van der Waals surface area (Å²) in [7, 11) is -3.15. The second-order valence-electron chi connectivity index (χ2n) is 4.27. The van der Waals surface area contributed by atoms with Crippen LogP contribution in [0.3, 0.4) is 0 Å². The van der Waals surface area contributed by atoms with Gasteiger partial charge in [-0.25, -0.2) is 8.42 Å². The molecule has 5 heteroatoms. The Kier molecular flexibility index (Phi) is 3.25. The van der Waals surface area contributed by atoms with Gasteiger partial charge < -0.3 is 5.73 Å². The zero-order valence-electron chi connectivity index (χ0n) is 9.09. The second-order valence-corrected chi connectivity index (χ2v) is 6.30. The van der Waals surface area contributed by atoms with Gasteiger partial charge in [0.25, 0.3) is 0 Å². The third-order valence-electron chi connectivity index (χ3n) is 3.05. The van der Waals surface area contributed by atoms with Crippen molar-refractivity contribution in [3.05, 3.63) is 24.0 Å². The van der Waals surface area contributed by atoms with Gasteiger partial charge >= 0.3 is 0 Å². The SMILES string of the molecule is NCc1ccc(S(=O)(=O)CC2CCC2)cn1. The van der Waals surface area contributed by atoms with E-state index < -0.39 is 9.84 Å². The van der Waals surface area contributed by atoms with Gasteiger partial charge in [-0.2, -0.15) is 0 Å². The minimum atomic E-state index is -3.15. The molecule has 2 N–H and O–H groups in total. The largest absolute Gasteiger partial charge is 0.325 e. The van der Waals surface area contributed by atoms with E-state index in [0.717, 1.165) is 19.3 Å². The monoisotopic (exact) mass is 240 g/mol. The van der Waals surface area contributed by atoms with Crippen molar-refractivity contribution in [3.8, 4) is 0 Å². The van der Waals surface area contributed by atoms with Crippen molar-refractivity contribution in [3.63, 3.8) is 0 Å². The number of pyridine rings is 1. The molecule has 0 aromatic carbocycles. The topological polar surface area (TPSA) is 73.1 Å². The molecule has 2 rings (SSSR count). The number of aromatic nitrogens is 1. The number of sulfone groups is 1. The van der Waals surface area contributed by atoms with Crippen LogP contribution in [0.15, 0.2) is 23.2 Å². The lowest BCUT2D eigenvalue weighted by molar-refractivity contribution is 0.347. The van der Waals surface area contributed by atoms with Crippen molar-refractivity contribution in [1.29, 1.82) is 0 Å². The Morgan fingerprint density at radius 3 is 2.56 bits per heavy atom. The van der Waals surface area contributed by atoms with Gasteiger partial charge in [-0.05, 0) is 30.9 Å². The lowest BCUT2D eigenvalue weighted by Gasteiger charge is -2.24. The van der Waals surface area contributed by atoms with E-state index in [1.54, 1.807) is 12.1 Å². The molecule has 1 fully saturated rings. The fourth-order valence-corrected chi connectivity index (χ4v) is 3.42. The highest BCUT2D eigenvalue weighted by Crippen LogP contribution is 2.29. The fourth-order valence-electron chi connectivity index (χ4n) is 1.78. The predicted octanol–water partition coefficient (Wildman–Crippen LogP) is 1.11. The molecule has 0 unspecified atom stereocenters. The summed E-state index contributed by atoms with van der Waals surface area (Å²) in [4.78, 5) is 4.33. The average Bonchev–Trinajstić information content (AvgIpc) is 2.24. The van der Waals surface area contributed by atoms with Gasteiger partial charge in [0.2, 0.25) is 0 Å². The van der Waals surface area contributed by atoms with E-state index in [-0.39, 0.29) is 5.75 Å². The molecule has 0 bridgehead atoms. The summed E-state index contributed by atoms with van der Waals surface area (Å²) in [5, 5.41) is 0. The predicted molar refractivity (Wildman–Crippen MR) is 61.5 cm³/mol. The minimum Gasteiger partial charge on any atom is -0.325 e. The maximum atomic E-state index is 12.0. The fraction of sp³-hybridized carbons (Fsp3) is 0.545. The quantitative estimate of drug-likeness (QED) is 0.855. The van der Waals surface area contributed by atoms with Crippen molar-refractivity contribution in [2.45, 2.75) is 30.7 Å². The molecule has 88 valence electrons. The van der Waals surface area contributed by atoms with Gasteiger partial charge in [0, 0.05) is 12.7 Å².